The van der Waals surface area contributed by atoms with Crippen LogP contribution in [0.15, 0.2) is 41.4 Å². The summed E-state index contributed by atoms with van der Waals surface area (Å²) in [5, 5.41) is 9.60. The van der Waals surface area contributed by atoms with E-state index in [1.165, 1.54) is 18.7 Å². The normalized spacial score (nSPS) is 15.0. The number of carbonyl (C=O) groups excluding carboxylic acids is 2. The van der Waals surface area contributed by atoms with Crippen LogP contribution in [0, 0.1) is 18.3 Å². The van der Waals surface area contributed by atoms with Gasteiger partial charge in [0.25, 0.3) is 0 Å². The van der Waals surface area contributed by atoms with Crippen molar-refractivity contribution in [2.75, 3.05) is 13.1 Å². The lowest BCUT2D eigenvalue weighted by Crippen LogP contribution is -2.38. The van der Waals surface area contributed by atoms with Gasteiger partial charge in [-0.15, -0.1) is 0 Å². The maximum absolute atomic E-state index is 13.3. The molecule has 6 heteroatoms. The maximum atomic E-state index is 13.3. The Morgan fingerprint density at radius 1 is 1.18 bits per heavy atom. The standard InChI is InChI=1S/C22H23N3O2S/c1-15-19(16(2)26)13-18(14-23)21(24-15)28-20(17-9-5-3-6-10-17)22(27)25-11-7-4-8-12-25/h3,5-6,9-10,13,20H,4,7-8,11-12H2,1-2H3. The van der Waals surface area contributed by atoms with Gasteiger partial charge in [0.2, 0.25) is 5.91 Å². The second-order valence-corrected chi connectivity index (χ2v) is 8.03. The Hall–Kier alpha value is -2.65. The van der Waals surface area contributed by atoms with Gasteiger partial charge in [0.1, 0.15) is 16.3 Å². The number of aromatic nitrogens is 1. The van der Waals surface area contributed by atoms with Gasteiger partial charge in [0, 0.05) is 24.3 Å². The third-order valence-electron chi connectivity index (χ3n) is 4.90. The zero-order chi connectivity index (χ0) is 20.1. The molecule has 1 aromatic heterocycles. The molecule has 1 aliphatic rings. The van der Waals surface area contributed by atoms with Crippen molar-refractivity contribution in [3.63, 3.8) is 0 Å². The van der Waals surface area contributed by atoms with Gasteiger partial charge in [-0.1, -0.05) is 42.1 Å². The summed E-state index contributed by atoms with van der Waals surface area (Å²) in [6, 6.07) is 13.3. The van der Waals surface area contributed by atoms with Crippen molar-refractivity contribution in [3.05, 3.63) is 58.8 Å². The van der Waals surface area contributed by atoms with E-state index in [0.717, 1.165) is 37.9 Å². The van der Waals surface area contributed by atoms with Gasteiger partial charge >= 0.3 is 0 Å². The largest absolute Gasteiger partial charge is 0.341 e. The maximum Gasteiger partial charge on any atom is 0.240 e. The van der Waals surface area contributed by atoms with Gasteiger partial charge in [-0.05, 0) is 44.7 Å². The van der Waals surface area contributed by atoms with E-state index in [4.69, 9.17) is 0 Å². The van der Waals surface area contributed by atoms with Crippen molar-refractivity contribution in [3.8, 4) is 6.07 Å². The summed E-state index contributed by atoms with van der Waals surface area (Å²) < 4.78 is 0. The average Bonchev–Trinajstić information content (AvgIpc) is 2.72. The Morgan fingerprint density at radius 2 is 1.86 bits per heavy atom. The number of benzene rings is 1. The van der Waals surface area contributed by atoms with Gasteiger partial charge < -0.3 is 4.90 Å². The van der Waals surface area contributed by atoms with E-state index in [1.807, 2.05) is 35.2 Å². The average molecular weight is 394 g/mol. The summed E-state index contributed by atoms with van der Waals surface area (Å²) in [5.74, 6) is -0.0723. The van der Waals surface area contributed by atoms with Crippen LogP contribution in [0.25, 0.3) is 0 Å². The number of thioether (sulfide) groups is 1. The van der Waals surface area contributed by atoms with Crippen LogP contribution in [0.5, 0.6) is 0 Å². The second kappa shape index (κ2) is 9.03. The number of pyridine rings is 1. The molecule has 0 saturated carbocycles. The molecule has 0 spiro atoms. The number of likely N-dealkylation sites (tertiary alicyclic amines) is 1. The van der Waals surface area contributed by atoms with Crippen molar-refractivity contribution in [2.24, 2.45) is 0 Å². The number of Topliss-reactive ketones (excluding diaryl/α,β-unsaturated/α-hetero) is 1. The molecule has 1 fully saturated rings. The third kappa shape index (κ3) is 4.42. The Kier molecular flexibility index (Phi) is 6.48. The smallest absolute Gasteiger partial charge is 0.240 e. The highest BCUT2D eigenvalue weighted by Gasteiger charge is 2.29. The molecule has 0 N–H and O–H groups in total. The minimum atomic E-state index is -0.471. The van der Waals surface area contributed by atoms with Gasteiger partial charge in [-0.2, -0.15) is 5.26 Å². The lowest BCUT2D eigenvalue weighted by atomic mass is 10.1. The molecule has 1 unspecified atom stereocenters. The van der Waals surface area contributed by atoms with E-state index in [9.17, 15) is 14.9 Å². The molecule has 1 aromatic carbocycles. The number of hydrogen-bond donors (Lipinski definition) is 0. The monoisotopic (exact) mass is 393 g/mol. The summed E-state index contributed by atoms with van der Waals surface area (Å²) in [6.07, 6.45) is 3.19. The van der Waals surface area contributed by atoms with E-state index >= 15 is 0 Å². The predicted molar refractivity (Wildman–Crippen MR) is 109 cm³/mol. The highest BCUT2D eigenvalue weighted by Crippen LogP contribution is 2.38. The van der Waals surface area contributed by atoms with Crippen LogP contribution < -0.4 is 0 Å². The number of ketones is 1. The lowest BCUT2D eigenvalue weighted by Gasteiger charge is -2.30. The van der Waals surface area contributed by atoms with E-state index in [2.05, 4.69) is 11.1 Å². The fourth-order valence-electron chi connectivity index (χ4n) is 3.39. The van der Waals surface area contributed by atoms with E-state index in [-0.39, 0.29) is 11.7 Å². The van der Waals surface area contributed by atoms with Crippen molar-refractivity contribution >= 4 is 23.5 Å². The SMILES string of the molecule is CC(=O)c1cc(C#N)c(SC(C(=O)N2CCCCC2)c2ccccc2)nc1C. The first-order chi connectivity index (χ1) is 13.5. The summed E-state index contributed by atoms with van der Waals surface area (Å²) >= 11 is 1.29. The number of rotatable bonds is 5. The first kappa shape index (κ1) is 20.1. The number of carbonyl (C=O) groups is 2. The number of piperidine rings is 1. The Balaban J connectivity index is 1.98. The molecule has 0 bridgehead atoms. The van der Waals surface area contributed by atoms with Crippen LogP contribution >= 0.6 is 11.8 Å². The Morgan fingerprint density at radius 3 is 2.46 bits per heavy atom. The van der Waals surface area contributed by atoms with Crippen molar-refractivity contribution in [1.29, 1.82) is 5.26 Å². The molecule has 0 aliphatic carbocycles. The Labute approximate surface area is 169 Å². The topological polar surface area (TPSA) is 74.1 Å². The van der Waals surface area contributed by atoms with Gasteiger partial charge in [-0.3, -0.25) is 9.59 Å². The van der Waals surface area contributed by atoms with Crippen molar-refractivity contribution < 1.29 is 9.59 Å². The summed E-state index contributed by atoms with van der Waals surface area (Å²) in [4.78, 5) is 31.5. The number of hydrogen-bond acceptors (Lipinski definition) is 5. The fourth-order valence-corrected chi connectivity index (χ4v) is 4.58. The number of nitrogens with zero attached hydrogens (tertiary/aromatic N) is 3. The molecule has 1 atom stereocenters. The fraction of sp³-hybridized carbons (Fsp3) is 0.364. The molecular weight excluding hydrogens is 370 g/mol. The molecule has 28 heavy (non-hydrogen) atoms. The first-order valence-electron chi connectivity index (χ1n) is 9.44. The minimum absolute atomic E-state index is 0.0508. The van der Waals surface area contributed by atoms with E-state index in [1.54, 1.807) is 13.0 Å². The van der Waals surface area contributed by atoms with Crippen LogP contribution in [0.2, 0.25) is 0 Å². The molecule has 1 amide bonds. The zero-order valence-corrected chi connectivity index (χ0v) is 17.0. The molecule has 5 nitrogen and oxygen atoms in total. The first-order valence-corrected chi connectivity index (χ1v) is 10.3. The van der Waals surface area contributed by atoms with Crippen LogP contribution in [0.1, 0.15) is 58.6 Å². The van der Waals surface area contributed by atoms with Crippen LogP contribution in [-0.2, 0) is 4.79 Å². The number of amides is 1. The third-order valence-corrected chi connectivity index (χ3v) is 6.15. The number of aryl methyl sites for hydroxylation is 1. The molecule has 0 radical (unpaired) electrons. The summed E-state index contributed by atoms with van der Waals surface area (Å²) in [6.45, 7) is 4.75. The summed E-state index contributed by atoms with van der Waals surface area (Å²) in [5.41, 5.74) is 2.24. The predicted octanol–water partition coefficient (Wildman–Crippen LogP) is 4.31. The highest BCUT2D eigenvalue weighted by molar-refractivity contribution is 8.00. The van der Waals surface area contributed by atoms with Crippen LogP contribution in [0.4, 0.5) is 0 Å². The molecule has 2 heterocycles. The second-order valence-electron chi connectivity index (χ2n) is 6.94. The Bertz CT molecular complexity index is 915. The lowest BCUT2D eigenvalue weighted by molar-refractivity contribution is -0.131. The van der Waals surface area contributed by atoms with Crippen molar-refractivity contribution in [1.82, 2.24) is 9.88 Å². The molecular formula is C22H23N3O2S. The minimum Gasteiger partial charge on any atom is -0.341 e. The molecule has 3 rings (SSSR count). The quantitative estimate of drug-likeness (QED) is 0.559. The molecule has 1 saturated heterocycles. The molecule has 2 aromatic rings. The van der Waals surface area contributed by atoms with Crippen molar-refractivity contribution in [2.45, 2.75) is 43.4 Å². The van der Waals surface area contributed by atoms with Crippen LogP contribution in [-0.4, -0.2) is 34.7 Å². The van der Waals surface area contributed by atoms with E-state index in [0.29, 0.717) is 21.8 Å². The zero-order valence-electron chi connectivity index (χ0n) is 16.1. The van der Waals surface area contributed by atoms with E-state index < -0.39 is 5.25 Å². The highest BCUT2D eigenvalue weighted by atomic mass is 32.2. The molecule has 144 valence electrons. The summed E-state index contributed by atoms with van der Waals surface area (Å²) in [7, 11) is 0. The van der Waals surface area contributed by atoms with Gasteiger partial charge in [-0.25, -0.2) is 4.98 Å². The van der Waals surface area contributed by atoms with Gasteiger partial charge in [0.15, 0.2) is 5.78 Å². The van der Waals surface area contributed by atoms with Gasteiger partial charge in [0.05, 0.1) is 5.56 Å². The molecule has 1 aliphatic heterocycles. The van der Waals surface area contributed by atoms with Crippen LogP contribution in [0.3, 0.4) is 0 Å². The number of nitriles is 1.